The molecule has 2 fully saturated rings. The molecule has 0 radical (unpaired) electrons. The Hall–Kier alpha value is -2.48. The van der Waals surface area contributed by atoms with E-state index in [1.54, 1.807) is 12.4 Å². The van der Waals surface area contributed by atoms with Gasteiger partial charge in [0, 0.05) is 18.4 Å². The van der Waals surface area contributed by atoms with E-state index in [2.05, 4.69) is 15.6 Å². The van der Waals surface area contributed by atoms with Crippen molar-refractivity contribution in [2.45, 2.75) is 31.4 Å². The lowest BCUT2D eigenvalue weighted by Crippen LogP contribution is -2.50. The van der Waals surface area contributed by atoms with Crippen molar-refractivity contribution >= 4 is 17.8 Å². The molecule has 1 aromatic heterocycles. The number of imide groups is 1. The van der Waals surface area contributed by atoms with Crippen molar-refractivity contribution in [1.29, 1.82) is 0 Å². The summed E-state index contributed by atoms with van der Waals surface area (Å²) in [4.78, 5) is 40.1. The van der Waals surface area contributed by atoms with Crippen LogP contribution in [0.3, 0.4) is 0 Å². The summed E-state index contributed by atoms with van der Waals surface area (Å²) < 4.78 is 0. The van der Waals surface area contributed by atoms with Crippen LogP contribution in [-0.2, 0) is 16.0 Å². The molecule has 8 nitrogen and oxygen atoms in total. The average molecular weight is 332 g/mol. The molecule has 128 valence electrons. The lowest BCUT2D eigenvalue weighted by atomic mass is 9.75. The quantitative estimate of drug-likeness (QED) is 0.604. The van der Waals surface area contributed by atoms with E-state index in [0.29, 0.717) is 19.3 Å². The molecule has 0 unspecified atom stereocenters. The Morgan fingerprint density at radius 3 is 2.67 bits per heavy atom. The van der Waals surface area contributed by atoms with E-state index in [4.69, 9.17) is 0 Å². The van der Waals surface area contributed by atoms with Gasteiger partial charge in [-0.3, -0.25) is 19.9 Å². The fraction of sp³-hybridized carbons (Fsp3) is 0.500. The second kappa shape index (κ2) is 6.96. The van der Waals surface area contributed by atoms with E-state index >= 15 is 0 Å². The Balaban J connectivity index is 1.59. The number of hydrogen-bond donors (Lipinski definition) is 3. The number of rotatable bonds is 6. The summed E-state index contributed by atoms with van der Waals surface area (Å²) in [5, 5.41) is 14.6. The Kier molecular flexibility index (Phi) is 4.75. The summed E-state index contributed by atoms with van der Waals surface area (Å²) in [6, 6.07) is 3.12. The SMILES string of the molecule is O=C1CN(CC(=O)N[C@H](Cc2ccncc2)C2CC(O)C2)C(=O)N1. The van der Waals surface area contributed by atoms with Gasteiger partial charge in [-0.05, 0) is 42.9 Å². The molecule has 3 rings (SSSR count). The summed E-state index contributed by atoms with van der Waals surface area (Å²) >= 11 is 0. The molecule has 0 spiro atoms. The maximum absolute atomic E-state index is 12.3. The molecule has 24 heavy (non-hydrogen) atoms. The number of carbonyl (C=O) groups is 3. The number of aliphatic hydroxyl groups is 1. The second-order valence-electron chi connectivity index (χ2n) is 6.33. The highest BCUT2D eigenvalue weighted by atomic mass is 16.3. The standard InChI is InChI=1S/C16H20N4O4/c21-12-6-11(7-12)13(5-10-1-3-17-4-2-10)18-14(22)8-20-9-15(23)19-16(20)24/h1-4,11-13,21H,5-9H2,(H,18,22)(H,19,23,24)/t11?,12?,13-/m1/s1. The minimum absolute atomic E-state index is 0.0938. The highest BCUT2D eigenvalue weighted by molar-refractivity contribution is 6.03. The van der Waals surface area contributed by atoms with Gasteiger partial charge in [0.1, 0.15) is 13.1 Å². The zero-order chi connectivity index (χ0) is 17.1. The zero-order valence-electron chi connectivity index (χ0n) is 13.1. The van der Waals surface area contributed by atoms with Crippen LogP contribution in [0, 0.1) is 5.92 Å². The van der Waals surface area contributed by atoms with Crippen LogP contribution in [0.25, 0.3) is 0 Å². The number of hydrogen-bond acceptors (Lipinski definition) is 5. The molecule has 1 aliphatic carbocycles. The fourth-order valence-corrected chi connectivity index (χ4v) is 3.10. The molecule has 2 aliphatic rings. The first kappa shape index (κ1) is 16.4. The molecule has 2 heterocycles. The molecule has 1 aliphatic heterocycles. The van der Waals surface area contributed by atoms with Crippen LogP contribution in [0.15, 0.2) is 24.5 Å². The van der Waals surface area contributed by atoms with E-state index in [0.717, 1.165) is 5.56 Å². The van der Waals surface area contributed by atoms with Crippen molar-refractivity contribution in [2.75, 3.05) is 13.1 Å². The van der Waals surface area contributed by atoms with Gasteiger partial charge >= 0.3 is 6.03 Å². The van der Waals surface area contributed by atoms with E-state index in [9.17, 15) is 19.5 Å². The monoisotopic (exact) mass is 332 g/mol. The van der Waals surface area contributed by atoms with Crippen LogP contribution in [0.1, 0.15) is 18.4 Å². The first-order valence-corrected chi connectivity index (χ1v) is 7.96. The van der Waals surface area contributed by atoms with Gasteiger partial charge in [0.15, 0.2) is 0 Å². The number of aliphatic hydroxyl groups excluding tert-OH is 1. The van der Waals surface area contributed by atoms with E-state index < -0.39 is 11.9 Å². The first-order valence-electron chi connectivity index (χ1n) is 7.96. The number of urea groups is 1. The number of amides is 4. The molecule has 1 aromatic rings. The molecule has 3 N–H and O–H groups in total. The van der Waals surface area contributed by atoms with Gasteiger partial charge < -0.3 is 15.3 Å². The van der Waals surface area contributed by atoms with Crippen LogP contribution >= 0.6 is 0 Å². The van der Waals surface area contributed by atoms with Crippen molar-refractivity contribution in [3.8, 4) is 0 Å². The summed E-state index contributed by atoms with van der Waals surface area (Å²) in [6.45, 7) is -0.247. The van der Waals surface area contributed by atoms with E-state index in [-0.39, 0.29) is 37.1 Å². The summed E-state index contributed by atoms with van der Waals surface area (Å²) in [6.07, 6.45) is 5.02. The Labute approximate surface area is 139 Å². The molecular weight excluding hydrogens is 312 g/mol. The molecule has 1 saturated carbocycles. The smallest absolute Gasteiger partial charge is 0.325 e. The highest BCUT2D eigenvalue weighted by Gasteiger charge is 2.35. The van der Waals surface area contributed by atoms with Gasteiger partial charge in [0.05, 0.1) is 6.10 Å². The fourth-order valence-electron chi connectivity index (χ4n) is 3.10. The number of nitrogens with one attached hydrogen (secondary N) is 2. The number of nitrogens with zero attached hydrogens (tertiary/aromatic N) is 2. The highest BCUT2D eigenvalue weighted by Crippen LogP contribution is 2.31. The van der Waals surface area contributed by atoms with Crippen molar-refractivity contribution in [3.05, 3.63) is 30.1 Å². The van der Waals surface area contributed by atoms with Crippen LogP contribution in [0.2, 0.25) is 0 Å². The zero-order valence-corrected chi connectivity index (χ0v) is 13.1. The summed E-state index contributed by atoms with van der Waals surface area (Å²) in [5.41, 5.74) is 1.05. The summed E-state index contributed by atoms with van der Waals surface area (Å²) in [7, 11) is 0. The predicted octanol–water partition coefficient (Wildman–Crippen LogP) is -0.568. The lowest BCUT2D eigenvalue weighted by Gasteiger charge is -2.38. The molecule has 4 amide bonds. The second-order valence-corrected chi connectivity index (χ2v) is 6.33. The Bertz CT molecular complexity index is 630. The normalized spacial score (nSPS) is 24.3. The van der Waals surface area contributed by atoms with Crippen LogP contribution < -0.4 is 10.6 Å². The van der Waals surface area contributed by atoms with Crippen LogP contribution in [0.5, 0.6) is 0 Å². The van der Waals surface area contributed by atoms with Gasteiger partial charge in [-0.1, -0.05) is 0 Å². The van der Waals surface area contributed by atoms with Crippen LogP contribution in [0.4, 0.5) is 4.79 Å². The van der Waals surface area contributed by atoms with Gasteiger partial charge in [0.2, 0.25) is 11.8 Å². The summed E-state index contributed by atoms with van der Waals surface area (Å²) in [5.74, 6) is -0.505. The van der Waals surface area contributed by atoms with Crippen molar-refractivity contribution in [3.63, 3.8) is 0 Å². The molecule has 0 aromatic carbocycles. The third kappa shape index (κ3) is 3.88. The lowest BCUT2D eigenvalue weighted by molar-refractivity contribution is -0.123. The predicted molar refractivity (Wildman–Crippen MR) is 83.7 cm³/mol. The van der Waals surface area contributed by atoms with Gasteiger partial charge in [0.25, 0.3) is 0 Å². The number of carbonyl (C=O) groups excluding carboxylic acids is 3. The Morgan fingerprint density at radius 1 is 1.38 bits per heavy atom. The van der Waals surface area contributed by atoms with Gasteiger partial charge in [-0.15, -0.1) is 0 Å². The topological polar surface area (TPSA) is 112 Å². The Morgan fingerprint density at radius 2 is 2.08 bits per heavy atom. The minimum Gasteiger partial charge on any atom is -0.393 e. The van der Waals surface area contributed by atoms with Gasteiger partial charge in [-0.25, -0.2) is 4.79 Å². The third-order valence-electron chi connectivity index (χ3n) is 4.47. The molecule has 0 bridgehead atoms. The largest absolute Gasteiger partial charge is 0.393 e. The third-order valence-corrected chi connectivity index (χ3v) is 4.47. The molecule has 1 saturated heterocycles. The average Bonchev–Trinajstić information content (AvgIpc) is 2.82. The van der Waals surface area contributed by atoms with Crippen molar-refractivity contribution in [2.24, 2.45) is 5.92 Å². The van der Waals surface area contributed by atoms with Crippen LogP contribution in [-0.4, -0.2) is 58.1 Å². The molecule has 1 atom stereocenters. The van der Waals surface area contributed by atoms with E-state index in [1.165, 1.54) is 4.90 Å². The maximum atomic E-state index is 12.3. The minimum atomic E-state index is -0.542. The number of pyridine rings is 1. The number of aromatic nitrogens is 1. The van der Waals surface area contributed by atoms with E-state index in [1.807, 2.05) is 12.1 Å². The molecule has 8 heteroatoms. The molecular formula is C16H20N4O4. The maximum Gasteiger partial charge on any atom is 0.325 e. The van der Waals surface area contributed by atoms with Crippen molar-refractivity contribution < 1.29 is 19.5 Å². The van der Waals surface area contributed by atoms with Gasteiger partial charge in [-0.2, -0.15) is 0 Å². The first-order chi connectivity index (χ1) is 11.5. The van der Waals surface area contributed by atoms with Crippen molar-refractivity contribution in [1.82, 2.24) is 20.5 Å².